The molecule has 1 fully saturated rings. The number of aliphatic hydroxyl groups is 1. The van der Waals surface area contributed by atoms with Crippen molar-refractivity contribution >= 4 is 17.5 Å². The number of morpholine rings is 1. The van der Waals surface area contributed by atoms with E-state index in [-0.39, 0.29) is 31.6 Å². The van der Waals surface area contributed by atoms with Crippen LogP contribution in [0.4, 0.5) is 5.69 Å². The van der Waals surface area contributed by atoms with Crippen molar-refractivity contribution in [2.24, 2.45) is 7.05 Å². The van der Waals surface area contributed by atoms with Crippen molar-refractivity contribution in [2.75, 3.05) is 18.5 Å². The van der Waals surface area contributed by atoms with Crippen LogP contribution in [0.15, 0.2) is 60.9 Å². The highest BCUT2D eigenvalue weighted by molar-refractivity contribution is 6.05. The Morgan fingerprint density at radius 2 is 1.97 bits per heavy atom. The van der Waals surface area contributed by atoms with Gasteiger partial charge in [-0.1, -0.05) is 30.3 Å². The molecule has 2 unspecified atom stereocenters. The molecule has 1 aromatic heterocycles. The van der Waals surface area contributed by atoms with Crippen LogP contribution in [0, 0.1) is 6.92 Å². The van der Waals surface area contributed by atoms with Crippen molar-refractivity contribution in [3.63, 3.8) is 0 Å². The number of benzene rings is 2. The summed E-state index contributed by atoms with van der Waals surface area (Å²) in [5.74, 6) is 0.363. The number of rotatable bonds is 6. The fraction of sp³-hybridized carbons (Fsp3) is 0.292. The number of ether oxygens (including phenoxy) is 1. The third-order valence-electron chi connectivity index (χ3n) is 5.76. The van der Waals surface area contributed by atoms with Gasteiger partial charge in [-0.3, -0.25) is 9.59 Å². The lowest BCUT2D eigenvalue weighted by atomic mass is 9.99. The van der Waals surface area contributed by atoms with Crippen molar-refractivity contribution in [3.8, 4) is 0 Å². The third kappa shape index (κ3) is 4.42. The Balaban J connectivity index is 1.50. The van der Waals surface area contributed by atoms with E-state index in [1.165, 1.54) is 0 Å². The minimum Gasteiger partial charge on any atom is -0.394 e. The van der Waals surface area contributed by atoms with Gasteiger partial charge in [-0.2, -0.15) is 0 Å². The number of amides is 2. The fourth-order valence-electron chi connectivity index (χ4n) is 3.90. The highest BCUT2D eigenvalue weighted by Crippen LogP contribution is 2.30. The molecule has 0 aliphatic carbocycles. The Morgan fingerprint density at radius 3 is 2.62 bits per heavy atom. The SMILES string of the molecule is Cc1ccccc1C(=O)Nc1ccc(C2OCC(=O)N(Cc3nccn3C)C2CO)cc1. The topological polar surface area (TPSA) is 96.7 Å². The van der Waals surface area contributed by atoms with E-state index in [4.69, 9.17) is 4.74 Å². The lowest BCUT2D eigenvalue weighted by Crippen LogP contribution is -2.52. The number of carbonyl (C=O) groups excluding carboxylic acids is 2. The first-order valence-electron chi connectivity index (χ1n) is 10.4. The average molecular weight is 434 g/mol. The summed E-state index contributed by atoms with van der Waals surface area (Å²) >= 11 is 0. The molecule has 1 aliphatic heterocycles. The zero-order valence-corrected chi connectivity index (χ0v) is 18.1. The Labute approximate surface area is 186 Å². The predicted octanol–water partition coefficient (Wildman–Crippen LogP) is 2.44. The summed E-state index contributed by atoms with van der Waals surface area (Å²) in [7, 11) is 1.86. The molecule has 2 heterocycles. The minimum atomic E-state index is -0.541. The lowest BCUT2D eigenvalue weighted by molar-refractivity contribution is -0.162. The van der Waals surface area contributed by atoms with E-state index in [0.29, 0.717) is 11.3 Å². The van der Waals surface area contributed by atoms with E-state index < -0.39 is 12.1 Å². The quantitative estimate of drug-likeness (QED) is 0.621. The maximum Gasteiger partial charge on any atom is 0.255 e. The molecule has 2 atom stereocenters. The second kappa shape index (κ2) is 9.33. The largest absolute Gasteiger partial charge is 0.394 e. The van der Waals surface area contributed by atoms with Crippen LogP contribution in [0.2, 0.25) is 0 Å². The molecule has 0 spiro atoms. The summed E-state index contributed by atoms with van der Waals surface area (Å²) in [6.07, 6.45) is 3.00. The Bertz CT molecular complexity index is 1110. The normalized spacial score (nSPS) is 18.6. The van der Waals surface area contributed by atoms with Gasteiger partial charge < -0.3 is 24.6 Å². The molecule has 0 radical (unpaired) electrons. The van der Waals surface area contributed by atoms with E-state index in [1.807, 2.05) is 55.1 Å². The number of hydrogen-bond donors (Lipinski definition) is 2. The summed E-state index contributed by atoms with van der Waals surface area (Å²) in [5, 5.41) is 13.0. The summed E-state index contributed by atoms with van der Waals surface area (Å²) in [6.45, 7) is 1.87. The van der Waals surface area contributed by atoms with Crippen molar-refractivity contribution < 1.29 is 19.4 Å². The maximum absolute atomic E-state index is 12.6. The number of carbonyl (C=O) groups is 2. The molecule has 1 saturated heterocycles. The number of anilines is 1. The molecule has 1 aliphatic rings. The van der Waals surface area contributed by atoms with Gasteiger partial charge in [-0.15, -0.1) is 0 Å². The monoisotopic (exact) mass is 434 g/mol. The smallest absolute Gasteiger partial charge is 0.255 e. The highest BCUT2D eigenvalue weighted by Gasteiger charge is 2.37. The summed E-state index contributed by atoms with van der Waals surface area (Å²) in [5.41, 5.74) is 2.99. The molecule has 0 bridgehead atoms. The van der Waals surface area contributed by atoms with Gasteiger partial charge in [0.15, 0.2) is 0 Å². The van der Waals surface area contributed by atoms with Crippen LogP contribution in [0.1, 0.15) is 33.4 Å². The van der Waals surface area contributed by atoms with Crippen LogP contribution in [-0.4, -0.2) is 50.6 Å². The Morgan fingerprint density at radius 1 is 1.22 bits per heavy atom. The third-order valence-corrected chi connectivity index (χ3v) is 5.76. The van der Waals surface area contributed by atoms with Crippen molar-refractivity contribution in [3.05, 3.63) is 83.4 Å². The van der Waals surface area contributed by atoms with Crippen LogP contribution in [0.25, 0.3) is 0 Å². The first kappa shape index (κ1) is 21.7. The van der Waals surface area contributed by atoms with Crippen LogP contribution in [0.3, 0.4) is 0 Å². The van der Waals surface area contributed by atoms with Crippen molar-refractivity contribution in [2.45, 2.75) is 25.6 Å². The van der Waals surface area contributed by atoms with Crippen molar-refractivity contribution in [1.82, 2.24) is 14.5 Å². The standard InChI is InChI=1S/C24H26N4O4/c1-16-5-3-4-6-19(16)24(31)26-18-9-7-17(8-10-18)23-20(14-29)28(22(30)15-32-23)13-21-25-11-12-27(21)2/h3-12,20,23,29H,13-15H2,1-2H3,(H,26,31). The number of hydrogen-bond acceptors (Lipinski definition) is 5. The zero-order chi connectivity index (χ0) is 22.7. The molecular weight excluding hydrogens is 408 g/mol. The maximum atomic E-state index is 12.6. The van der Waals surface area contributed by atoms with Gasteiger partial charge in [0.05, 0.1) is 19.2 Å². The minimum absolute atomic E-state index is 0.0721. The molecule has 3 aromatic rings. The van der Waals surface area contributed by atoms with E-state index in [9.17, 15) is 14.7 Å². The second-order valence-corrected chi connectivity index (χ2v) is 7.85. The molecule has 8 nitrogen and oxygen atoms in total. The summed E-state index contributed by atoms with van der Waals surface area (Å²) in [4.78, 5) is 31.0. The number of aliphatic hydroxyl groups excluding tert-OH is 1. The van der Waals surface area contributed by atoms with Gasteiger partial charge >= 0.3 is 0 Å². The molecule has 4 rings (SSSR count). The highest BCUT2D eigenvalue weighted by atomic mass is 16.5. The molecule has 32 heavy (non-hydrogen) atoms. The molecule has 2 amide bonds. The van der Waals surface area contributed by atoms with Crippen LogP contribution >= 0.6 is 0 Å². The van der Waals surface area contributed by atoms with Gasteiger partial charge in [-0.05, 0) is 36.2 Å². The van der Waals surface area contributed by atoms with Gasteiger partial charge in [-0.25, -0.2) is 4.98 Å². The first-order valence-corrected chi connectivity index (χ1v) is 10.4. The predicted molar refractivity (Wildman–Crippen MR) is 119 cm³/mol. The van der Waals surface area contributed by atoms with Crippen LogP contribution in [0.5, 0.6) is 0 Å². The summed E-state index contributed by atoms with van der Waals surface area (Å²) < 4.78 is 7.65. The average Bonchev–Trinajstić information content (AvgIpc) is 3.20. The Hall–Kier alpha value is -3.49. The molecule has 0 saturated carbocycles. The number of aryl methyl sites for hydroxylation is 2. The van der Waals surface area contributed by atoms with Gasteiger partial charge in [0, 0.05) is 30.7 Å². The zero-order valence-electron chi connectivity index (χ0n) is 18.1. The van der Waals surface area contributed by atoms with E-state index in [1.54, 1.807) is 29.3 Å². The van der Waals surface area contributed by atoms with Crippen molar-refractivity contribution in [1.29, 1.82) is 0 Å². The molecule has 166 valence electrons. The molecule has 8 heteroatoms. The number of imidazole rings is 1. The summed E-state index contributed by atoms with van der Waals surface area (Å²) in [6, 6.07) is 14.1. The van der Waals surface area contributed by atoms with E-state index in [2.05, 4.69) is 10.3 Å². The van der Waals surface area contributed by atoms with Gasteiger partial charge in [0.25, 0.3) is 5.91 Å². The molecular formula is C24H26N4O4. The van der Waals surface area contributed by atoms with Crippen LogP contribution in [-0.2, 0) is 23.1 Å². The number of nitrogens with one attached hydrogen (secondary N) is 1. The molecule has 2 aromatic carbocycles. The van der Waals surface area contributed by atoms with E-state index in [0.717, 1.165) is 17.0 Å². The fourth-order valence-corrected chi connectivity index (χ4v) is 3.90. The first-order chi connectivity index (χ1) is 15.5. The second-order valence-electron chi connectivity index (χ2n) is 7.85. The van der Waals surface area contributed by atoms with Crippen LogP contribution < -0.4 is 5.32 Å². The lowest BCUT2D eigenvalue weighted by Gasteiger charge is -2.40. The number of nitrogens with zero attached hydrogens (tertiary/aromatic N) is 3. The van der Waals surface area contributed by atoms with Gasteiger partial charge in [0.1, 0.15) is 18.5 Å². The number of aromatic nitrogens is 2. The Kier molecular flexibility index (Phi) is 6.34. The van der Waals surface area contributed by atoms with Gasteiger partial charge in [0.2, 0.25) is 5.91 Å². The van der Waals surface area contributed by atoms with E-state index >= 15 is 0 Å². The molecule has 2 N–H and O–H groups in total.